The van der Waals surface area contributed by atoms with Crippen molar-refractivity contribution in [3.8, 4) is 11.4 Å². The monoisotopic (exact) mass is 273 g/mol. The van der Waals surface area contributed by atoms with Crippen molar-refractivity contribution in [2.75, 3.05) is 18.9 Å². The zero-order valence-corrected chi connectivity index (χ0v) is 11.8. The predicted octanol–water partition coefficient (Wildman–Crippen LogP) is 1.76. The first-order valence-corrected chi connectivity index (χ1v) is 6.83. The van der Waals surface area contributed by atoms with Gasteiger partial charge in [0.25, 0.3) is 0 Å². The molecule has 0 spiro atoms. The van der Waals surface area contributed by atoms with Crippen LogP contribution in [0.4, 0.5) is 5.69 Å². The lowest BCUT2D eigenvalue weighted by Gasteiger charge is -2.33. The second kappa shape index (κ2) is 4.86. The Morgan fingerprint density at radius 1 is 1.40 bits per heavy atom. The molecule has 2 heterocycles. The fraction of sp³-hybridized carbons (Fsp3) is 0.500. The van der Waals surface area contributed by atoms with Gasteiger partial charge in [-0.25, -0.2) is 4.68 Å². The maximum absolute atomic E-state index is 5.87. The van der Waals surface area contributed by atoms with Crippen molar-refractivity contribution in [1.82, 2.24) is 20.2 Å². The minimum Gasteiger partial charge on any atom is -0.399 e. The molecular weight excluding hydrogens is 254 g/mol. The van der Waals surface area contributed by atoms with Gasteiger partial charge in [0.1, 0.15) is 0 Å². The zero-order chi connectivity index (χ0) is 14.2. The van der Waals surface area contributed by atoms with Crippen LogP contribution in [0, 0.1) is 6.92 Å². The lowest BCUT2D eigenvalue weighted by Crippen LogP contribution is -2.40. The van der Waals surface area contributed by atoms with Crippen LogP contribution in [0.2, 0.25) is 0 Å². The van der Waals surface area contributed by atoms with E-state index in [1.165, 1.54) is 0 Å². The molecule has 1 aromatic carbocycles. The molecule has 1 aromatic heterocycles. The van der Waals surface area contributed by atoms with Crippen LogP contribution >= 0.6 is 0 Å². The summed E-state index contributed by atoms with van der Waals surface area (Å²) in [7, 11) is 0. The zero-order valence-electron chi connectivity index (χ0n) is 11.8. The number of tetrazole rings is 1. The van der Waals surface area contributed by atoms with Crippen LogP contribution in [0.3, 0.4) is 0 Å². The van der Waals surface area contributed by atoms with Crippen molar-refractivity contribution in [3.05, 3.63) is 23.8 Å². The van der Waals surface area contributed by atoms with Crippen LogP contribution < -0.4 is 5.73 Å². The fourth-order valence-corrected chi connectivity index (χ4v) is 2.63. The third-order valence-corrected chi connectivity index (χ3v) is 3.93. The van der Waals surface area contributed by atoms with Gasteiger partial charge in [-0.1, -0.05) is 0 Å². The number of ether oxygens (including phenoxy) is 1. The molecule has 6 nitrogen and oxygen atoms in total. The van der Waals surface area contributed by atoms with Gasteiger partial charge in [-0.3, -0.25) is 0 Å². The van der Waals surface area contributed by atoms with E-state index in [-0.39, 0.29) is 5.54 Å². The van der Waals surface area contributed by atoms with Crippen LogP contribution in [-0.2, 0) is 10.3 Å². The van der Waals surface area contributed by atoms with Crippen molar-refractivity contribution in [1.29, 1.82) is 0 Å². The van der Waals surface area contributed by atoms with E-state index >= 15 is 0 Å². The average Bonchev–Trinajstić information content (AvgIpc) is 2.93. The highest BCUT2D eigenvalue weighted by Gasteiger charge is 2.33. The summed E-state index contributed by atoms with van der Waals surface area (Å²) >= 11 is 0. The van der Waals surface area contributed by atoms with Gasteiger partial charge in [0.2, 0.25) is 0 Å². The van der Waals surface area contributed by atoms with Gasteiger partial charge in [-0.15, -0.1) is 5.10 Å². The Morgan fingerprint density at radius 2 is 2.25 bits per heavy atom. The molecular formula is C14H19N5O. The number of benzene rings is 1. The topological polar surface area (TPSA) is 78.8 Å². The molecule has 106 valence electrons. The Kier molecular flexibility index (Phi) is 3.17. The minimum atomic E-state index is -0.188. The van der Waals surface area contributed by atoms with Crippen LogP contribution in [0.1, 0.15) is 25.3 Å². The highest BCUT2D eigenvalue weighted by Crippen LogP contribution is 2.30. The molecule has 1 aliphatic rings. The molecule has 2 N–H and O–H groups in total. The molecule has 1 aliphatic heterocycles. The molecule has 0 radical (unpaired) electrons. The number of rotatable bonds is 2. The van der Waals surface area contributed by atoms with Gasteiger partial charge < -0.3 is 10.5 Å². The first kappa shape index (κ1) is 13.1. The van der Waals surface area contributed by atoms with E-state index in [9.17, 15) is 0 Å². The smallest absolute Gasteiger partial charge is 0.182 e. The first-order chi connectivity index (χ1) is 9.60. The van der Waals surface area contributed by atoms with Gasteiger partial charge in [0.05, 0.1) is 12.1 Å². The molecule has 1 saturated heterocycles. The molecule has 1 unspecified atom stereocenters. The van der Waals surface area contributed by atoms with Crippen LogP contribution in [-0.4, -0.2) is 33.4 Å². The molecule has 2 aromatic rings. The minimum absolute atomic E-state index is 0.188. The second-order valence-corrected chi connectivity index (χ2v) is 5.64. The molecule has 0 aliphatic carbocycles. The summed E-state index contributed by atoms with van der Waals surface area (Å²) in [5.74, 6) is 0.765. The van der Waals surface area contributed by atoms with Crippen molar-refractivity contribution in [2.24, 2.45) is 0 Å². The van der Waals surface area contributed by atoms with E-state index < -0.39 is 0 Å². The normalized spacial score (nSPS) is 22.9. The van der Waals surface area contributed by atoms with Crippen molar-refractivity contribution < 1.29 is 4.74 Å². The van der Waals surface area contributed by atoms with Gasteiger partial charge >= 0.3 is 0 Å². The second-order valence-electron chi connectivity index (χ2n) is 5.64. The maximum Gasteiger partial charge on any atom is 0.182 e. The Balaban J connectivity index is 2.03. The molecule has 6 heteroatoms. The third-order valence-electron chi connectivity index (χ3n) is 3.93. The summed E-state index contributed by atoms with van der Waals surface area (Å²) < 4.78 is 7.49. The van der Waals surface area contributed by atoms with E-state index in [0.29, 0.717) is 6.61 Å². The SMILES string of the molecule is Cc1cc(-c2nnnn2C2(C)CCCOC2)ccc1N. The number of hydrogen-bond acceptors (Lipinski definition) is 5. The summed E-state index contributed by atoms with van der Waals surface area (Å²) in [6, 6.07) is 5.87. The van der Waals surface area contributed by atoms with E-state index in [2.05, 4.69) is 22.4 Å². The molecule has 1 atom stereocenters. The standard InChI is InChI=1S/C14H19N5O/c1-10-8-11(4-5-12(10)15)13-16-17-18-19(13)14(2)6-3-7-20-9-14/h4-5,8H,3,6-7,9,15H2,1-2H3. The van der Waals surface area contributed by atoms with Crippen LogP contribution in [0.15, 0.2) is 18.2 Å². The van der Waals surface area contributed by atoms with Gasteiger partial charge in [0.15, 0.2) is 5.82 Å². The number of nitrogens with zero attached hydrogens (tertiary/aromatic N) is 4. The molecule has 3 rings (SSSR count). The quantitative estimate of drug-likeness (QED) is 0.843. The van der Waals surface area contributed by atoms with Crippen molar-refractivity contribution >= 4 is 5.69 Å². The molecule has 20 heavy (non-hydrogen) atoms. The summed E-state index contributed by atoms with van der Waals surface area (Å²) in [4.78, 5) is 0. The van der Waals surface area contributed by atoms with E-state index in [1.54, 1.807) is 0 Å². The number of nitrogen functional groups attached to an aromatic ring is 1. The molecule has 0 amide bonds. The Hall–Kier alpha value is -1.95. The molecule has 0 bridgehead atoms. The van der Waals surface area contributed by atoms with E-state index in [0.717, 1.165) is 42.1 Å². The maximum atomic E-state index is 5.87. The fourth-order valence-electron chi connectivity index (χ4n) is 2.63. The van der Waals surface area contributed by atoms with E-state index in [4.69, 9.17) is 10.5 Å². The Morgan fingerprint density at radius 3 is 2.95 bits per heavy atom. The van der Waals surface area contributed by atoms with Crippen molar-refractivity contribution in [3.63, 3.8) is 0 Å². The lowest BCUT2D eigenvalue weighted by atomic mass is 9.94. The van der Waals surface area contributed by atoms with Gasteiger partial charge in [0, 0.05) is 17.9 Å². The number of aryl methyl sites for hydroxylation is 1. The summed E-state index contributed by atoms with van der Waals surface area (Å²) in [6.45, 7) is 5.57. The van der Waals surface area contributed by atoms with Gasteiger partial charge in [-0.05, 0) is 60.9 Å². The molecule has 0 saturated carbocycles. The Labute approximate surface area is 117 Å². The van der Waals surface area contributed by atoms with E-state index in [1.807, 2.05) is 29.8 Å². The van der Waals surface area contributed by atoms with Crippen LogP contribution in [0.5, 0.6) is 0 Å². The number of nitrogens with two attached hydrogens (primary N) is 1. The van der Waals surface area contributed by atoms with Crippen molar-refractivity contribution in [2.45, 2.75) is 32.2 Å². The molecule has 1 fully saturated rings. The Bertz CT molecular complexity index is 616. The van der Waals surface area contributed by atoms with Gasteiger partial charge in [-0.2, -0.15) is 0 Å². The lowest BCUT2D eigenvalue weighted by molar-refractivity contribution is 0.00348. The average molecular weight is 273 g/mol. The summed E-state index contributed by atoms with van der Waals surface area (Å²) in [5.41, 5.74) is 8.47. The number of anilines is 1. The number of aromatic nitrogens is 4. The highest BCUT2D eigenvalue weighted by atomic mass is 16.5. The largest absolute Gasteiger partial charge is 0.399 e. The predicted molar refractivity (Wildman–Crippen MR) is 76.1 cm³/mol. The number of hydrogen-bond donors (Lipinski definition) is 1. The first-order valence-electron chi connectivity index (χ1n) is 6.83. The van der Waals surface area contributed by atoms with Crippen LogP contribution in [0.25, 0.3) is 11.4 Å². The highest BCUT2D eigenvalue weighted by molar-refractivity contribution is 5.62. The summed E-state index contributed by atoms with van der Waals surface area (Å²) in [6.07, 6.45) is 2.04. The third kappa shape index (κ3) is 2.16. The summed E-state index contributed by atoms with van der Waals surface area (Å²) in [5, 5.41) is 12.2.